The molecule has 2 rings (SSSR count). The van der Waals surface area contributed by atoms with Gasteiger partial charge in [0.05, 0.1) is 6.10 Å². The van der Waals surface area contributed by atoms with Crippen molar-refractivity contribution in [2.24, 2.45) is 0 Å². The first kappa shape index (κ1) is 13.3. The Balaban J connectivity index is 2.21. The highest BCUT2D eigenvalue weighted by Crippen LogP contribution is 2.07. The summed E-state index contributed by atoms with van der Waals surface area (Å²) in [5.74, 6) is -0.344. The van der Waals surface area contributed by atoms with E-state index in [0.29, 0.717) is 23.9 Å². The summed E-state index contributed by atoms with van der Waals surface area (Å²) >= 11 is 0. The van der Waals surface area contributed by atoms with E-state index < -0.39 is 6.10 Å². The van der Waals surface area contributed by atoms with Crippen LogP contribution in [-0.4, -0.2) is 28.6 Å². The Morgan fingerprint density at radius 3 is 2.89 bits per heavy atom. The minimum absolute atomic E-state index is 0.185. The van der Waals surface area contributed by atoms with E-state index in [0.717, 1.165) is 0 Å². The second kappa shape index (κ2) is 5.67. The molecule has 2 aromatic rings. The van der Waals surface area contributed by atoms with Crippen LogP contribution in [0.5, 0.6) is 0 Å². The van der Waals surface area contributed by atoms with Crippen molar-refractivity contribution in [1.82, 2.24) is 10.3 Å². The molecule has 1 unspecified atom stereocenters. The summed E-state index contributed by atoms with van der Waals surface area (Å²) in [5, 5.41) is 12.3. The van der Waals surface area contributed by atoms with Gasteiger partial charge in [0.25, 0.3) is 5.91 Å². The third-order valence-electron chi connectivity index (χ3n) is 2.83. The van der Waals surface area contributed by atoms with Gasteiger partial charge in [-0.25, -0.2) is 0 Å². The molecule has 3 N–H and O–H groups in total. The predicted octanol–water partition coefficient (Wildman–Crippen LogP) is 1.03. The van der Waals surface area contributed by atoms with Crippen LogP contribution in [0, 0.1) is 0 Å². The molecular weight excluding hydrogens is 244 g/mol. The Morgan fingerprint density at radius 1 is 1.42 bits per heavy atom. The van der Waals surface area contributed by atoms with Crippen LogP contribution >= 0.6 is 0 Å². The number of aromatic amines is 1. The van der Waals surface area contributed by atoms with Crippen molar-refractivity contribution in [2.75, 3.05) is 6.54 Å². The molecular formula is C14H16N2O3. The minimum atomic E-state index is -0.462. The maximum Gasteiger partial charge on any atom is 0.267 e. The molecule has 19 heavy (non-hydrogen) atoms. The highest BCUT2D eigenvalue weighted by Gasteiger charge is 2.09. The number of carbonyl (C=O) groups is 1. The first-order valence-corrected chi connectivity index (χ1v) is 6.16. The van der Waals surface area contributed by atoms with Crippen LogP contribution in [0.15, 0.2) is 35.1 Å². The van der Waals surface area contributed by atoms with Gasteiger partial charge in [0.2, 0.25) is 0 Å². The average Bonchev–Trinajstić information content (AvgIpc) is 2.38. The summed E-state index contributed by atoms with van der Waals surface area (Å²) in [7, 11) is 0. The molecule has 1 aromatic heterocycles. The van der Waals surface area contributed by atoms with Crippen molar-refractivity contribution in [2.45, 2.75) is 19.4 Å². The number of H-pyrrole nitrogens is 1. The zero-order valence-corrected chi connectivity index (χ0v) is 10.6. The van der Waals surface area contributed by atoms with Crippen molar-refractivity contribution < 1.29 is 9.90 Å². The molecule has 0 radical (unpaired) electrons. The first-order valence-electron chi connectivity index (χ1n) is 6.16. The molecule has 1 atom stereocenters. The topological polar surface area (TPSA) is 82.2 Å². The second-order valence-corrected chi connectivity index (χ2v) is 4.49. The zero-order chi connectivity index (χ0) is 13.8. The molecule has 1 heterocycles. The molecule has 1 aromatic carbocycles. The number of pyridine rings is 1. The molecule has 0 saturated heterocycles. The molecule has 0 spiro atoms. The molecule has 0 saturated carbocycles. The summed E-state index contributed by atoms with van der Waals surface area (Å²) in [5.41, 5.74) is 0.681. The van der Waals surface area contributed by atoms with Gasteiger partial charge in [-0.3, -0.25) is 9.59 Å². The SMILES string of the molecule is CC(O)CCNC(=O)c1cc(=O)c2ccccc2[nH]1. The van der Waals surface area contributed by atoms with E-state index in [1.165, 1.54) is 6.07 Å². The van der Waals surface area contributed by atoms with Gasteiger partial charge in [-0.2, -0.15) is 0 Å². The number of hydrogen-bond donors (Lipinski definition) is 3. The molecule has 1 amide bonds. The average molecular weight is 260 g/mol. The molecule has 5 nitrogen and oxygen atoms in total. The van der Waals surface area contributed by atoms with Gasteiger partial charge in [0.1, 0.15) is 5.69 Å². The van der Waals surface area contributed by atoms with Gasteiger partial charge < -0.3 is 15.4 Å². The number of amides is 1. The number of aliphatic hydroxyl groups is 1. The molecule has 0 aliphatic heterocycles. The van der Waals surface area contributed by atoms with Crippen LogP contribution in [0.2, 0.25) is 0 Å². The van der Waals surface area contributed by atoms with Crippen LogP contribution in [0.1, 0.15) is 23.8 Å². The predicted molar refractivity (Wildman–Crippen MR) is 73.2 cm³/mol. The lowest BCUT2D eigenvalue weighted by molar-refractivity contribution is 0.0941. The number of aliphatic hydroxyl groups excluding tert-OH is 1. The Bertz CT molecular complexity index is 646. The molecule has 0 aliphatic rings. The van der Waals surface area contributed by atoms with E-state index in [-0.39, 0.29) is 17.0 Å². The Kier molecular flexibility index (Phi) is 3.97. The quantitative estimate of drug-likeness (QED) is 0.768. The highest BCUT2D eigenvalue weighted by molar-refractivity contribution is 5.94. The Hall–Kier alpha value is -2.14. The van der Waals surface area contributed by atoms with E-state index in [9.17, 15) is 9.59 Å². The number of hydrogen-bond acceptors (Lipinski definition) is 3. The first-order chi connectivity index (χ1) is 9.08. The number of aromatic nitrogens is 1. The van der Waals surface area contributed by atoms with Gasteiger partial charge in [0.15, 0.2) is 5.43 Å². The highest BCUT2D eigenvalue weighted by atomic mass is 16.3. The number of benzene rings is 1. The van der Waals surface area contributed by atoms with E-state index in [1.807, 2.05) is 0 Å². The van der Waals surface area contributed by atoms with Crippen LogP contribution in [0.4, 0.5) is 0 Å². The van der Waals surface area contributed by atoms with E-state index in [2.05, 4.69) is 10.3 Å². The summed E-state index contributed by atoms with van der Waals surface area (Å²) in [6, 6.07) is 8.33. The lowest BCUT2D eigenvalue weighted by Gasteiger charge is -2.07. The lowest BCUT2D eigenvalue weighted by atomic mass is 10.2. The molecule has 5 heteroatoms. The van der Waals surface area contributed by atoms with Crippen LogP contribution < -0.4 is 10.7 Å². The van der Waals surface area contributed by atoms with Crippen molar-refractivity contribution in [1.29, 1.82) is 0 Å². The van der Waals surface area contributed by atoms with Crippen LogP contribution in [0.3, 0.4) is 0 Å². The fourth-order valence-electron chi connectivity index (χ4n) is 1.81. The van der Waals surface area contributed by atoms with E-state index in [1.54, 1.807) is 31.2 Å². The monoisotopic (exact) mass is 260 g/mol. The van der Waals surface area contributed by atoms with E-state index >= 15 is 0 Å². The number of carbonyl (C=O) groups excluding carboxylic acids is 1. The van der Waals surface area contributed by atoms with Crippen molar-refractivity contribution in [3.05, 3.63) is 46.2 Å². The van der Waals surface area contributed by atoms with Crippen LogP contribution in [0.25, 0.3) is 10.9 Å². The lowest BCUT2D eigenvalue weighted by Crippen LogP contribution is -2.28. The normalized spacial score (nSPS) is 12.3. The summed E-state index contributed by atoms with van der Waals surface area (Å²) in [6.45, 7) is 2.02. The molecule has 0 aliphatic carbocycles. The van der Waals surface area contributed by atoms with Crippen LogP contribution in [-0.2, 0) is 0 Å². The number of nitrogens with one attached hydrogen (secondary N) is 2. The summed E-state index contributed by atoms with van der Waals surface area (Å²) < 4.78 is 0. The maximum absolute atomic E-state index is 11.9. The maximum atomic E-state index is 11.9. The molecule has 0 fully saturated rings. The van der Waals surface area contributed by atoms with Crippen molar-refractivity contribution >= 4 is 16.8 Å². The zero-order valence-electron chi connectivity index (χ0n) is 10.6. The third-order valence-corrected chi connectivity index (χ3v) is 2.83. The van der Waals surface area contributed by atoms with Gasteiger partial charge in [0, 0.05) is 23.5 Å². The van der Waals surface area contributed by atoms with Gasteiger partial charge in [-0.15, -0.1) is 0 Å². The number of para-hydroxylation sites is 1. The van der Waals surface area contributed by atoms with Gasteiger partial charge >= 0.3 is 0 Å². The minimum Gasteiger partial charge on any atom is -0.393 e. The van der Waals surface area contributed by atoms with Gasteiger partial charge in [-0.1, -0.05) is 12.1 Å². The molecule has 100 valence electrons. The third kappa shape index (κ3) is 3.20. The van der Waals surface area contributed by atoms with Crippen molar-refractivity contribution in [3.63, 3.8) is 0 Å². The van der Waals surface area contributed by atoms with E-state index in [4.69, 9.17) is 5.11 Å². The smallest absolute Gasteiger partial charge is 0.267 e. The number of fused-ring (bicyclic) bond motifs is 1. The Labute approximate surface area is 110 Å². The van der Waals surface area contributed by atoms with Gasteiger partial charge in [-0.05, 0) is 25.5 Å². The fourth-order valence-corrected chi connectivity index (χ4v) is 1.81. The largest absolute Gasteiger partial charge is 0.393 e. The standard InChI is InChI=1S/C14H16N2O3/c1-9(17)6-7-15-14(19)12-8-13(18)10-4-2-3-5-11(10)16-12/h2-5,8-9,17H,6-7H2,1H3,(H,15,19)(H,16,18). The number of rotatable bonds is 4. The summed E-state index contributed by atoms with van der Waals surface area (Å²) in [4.78, 5) is 26.6. The summed E-state index contributed by atoms with van der Waals surface area (Å²) in [6.07, 6.45) is 0.0137. The molecule has 0 bridgehead atoms. The van der Waals surface area contributed by atoms with Crippen molar-refractivity contribution in [3.8, 4) is 0 Å². The fraction of sp³-hybridized carbons (Fsp3) is 0.286. The second-order valence-electron chi connectivity index (χ2n) is 4.49. The Morgan fingerprint density at radius 2 is 2.16 bits per heavy atom.